The zero-order valence-corrected chi connectivity index (χ0v) is 18.0. The summed E-state index contributed by atoms with van der Waals surface area (Å²) in [7, 11) is -3.50. The average molecular weight is 430 g/mol. The topological polar surface area (TPSA) is 86.7 Å². The van der Waals surface area contributed by atoms with Crippen LogP contribution in [0.5, 0.6) is 0 Å². The van der Waals surface area contributed by atoms with E-state index in [1.54, 1.807) is 30.6 Å². The third kappa shape index (κ3) is 4.32. The number of hydrogen-bond acceptors (Lipinski definition) is 6. The molecule has 0 radical (unpaired) electrons. The van der Waals surface area contributed by atoms with Gasteiger partial charge in [-0.2, -0.15) is 4.31 Å². The maximum Gasteiger partial charge on any atom is 0.243 e. The molecule has 2 aliphatic heterocycles. The van der Waals surface area contributed by atoms with Gasteiger partial charge < -0.3 is 9.80 Å². The number of sulfonamides is 1. The molecule has 30 heavy (non-hydrogen) atoms. The van der Waals surface area contributed by atoms with Gasteiger partial charge in [-0.1, -0.05) is 17.7 Å². The zero-order chi connectivity index (χ0) is 21.1. The molecule has 9 heteroatoms. The van der Waals surface area contributed by atoms with E-state index in [0.717, 1.165) is 5.56 Å². The van der Waals surface area contributed by atoms with E-state index in [9.17, 15) is 13.2 Å². The summed E-state index contributed by atoms with van der Waals surface area (Å²) >= 11 is 0. The molecule has 2 aliphatic rings. The number of aryl methyl sites for hydroxylation is 1. The fourth-order valence-corrected chi connectivity index (χ4v) is 5.51. The lowest BCUT2D eigenvalue weighted by molar-refractivity contribution is -0.137. The smallest absolute Gasteiger partial charge is 0.243 e. The van der Waals surface area contributed by atoms with E-state index in [1.807, 2.05) is 24.0 Å². The molecule has 2 fully saturated rings. The predicted molar refractivity (Wildman–Crippen MR) is 113 cm³/mol. The van der Waals surface area contributed by atoms with E-state index in [0.29, 0.717) is 63.0 Å². The van der Waals surface area contributed by atoms with Crippen LogP contribution >= 0.6 is 0 Å². The third-order valence-electron chi connectivity index (χ3n) is 5.89. The number of piperidine rings is 1. The van der Waals surface area contributed by atoms with Gasteiger partial charge in [-0.15, -0.1) is 0 Å². The molecule has 0 aliphatic carbocycles. The van der Waals surface area contributed by atoms with Crippen molar-refractivity contribution < 1.29 is 13.2 Å². The number of piperazine rings is 1. The molecule has 1 aromatic carbocycles. The molecule has 0 unspecified atom stereocenters. The molecule has 2 aromatic rings. The molecule has 8 nitrogen and oxygen atoms in total. The summed E-state index contributed by atoms with van der Waals surface area (Å²) in [6.07, 6.45) is 4.56. The van der Waals surface area contributed by atoms with Crippen LogP contribution in [0.15, 0.2) is 47.6 Å². The molecule has 0 spiro atoms. The fraction of sp³-hybridized carbons (Fsp3) is 0.476. The van der Waals surface area contributed by atoms with Gasteiger partial charge in [0.15, 0.2) is 0 Å². The largest absolute Gasteiger partial charge is 0.339 e. The highest BCUT2D eigenvalue weighted by molar-refractivity contribution is 7.89. The van der Waals surface area contributed by atoms with Crippen LogP contribution in [0.3, 0.4) is 0 Å². The van der Waals surface area contributed by atoms with E-state index < -0.39 is 10.0 Å². The lowest BCUT2D eigenvalue weighted by Gasteiger charge is -2.38. The Kier molecular flexibility index (Phi) is 6.01. The summed E-state index contributed by atoms with van der Waals surface area (Å²) in [5.74, 6) is 0.712. The normalized spacial score (nSPS) is 19.1. The van der Waals surface area contributed by atoms with Crippen molar-refractivity contribution in [3.05, 3.63) is 48.3 Å². The second-order valence-electron chi connectivity index (χ2n) is 7.85. The van der Waals surface area contributed by atoms with E-state index in [-0.39, 0.29) is 11.8 Å². The summed E-state index contributed by atoms with van der Waals surface area (Å²) in [6.45, 7) is 5.37. The van der Waals surface area contributed by atoms with Crippen LogP contribution in [0, 0.1) is 12.8 Å². The first-order valence-corrected chi connectivity index (χ1v) is 11.8. The third-order valence-corrected chi connectivity index (χ3v) is 7.80. The molecule has 3 heterocycles. The molecular weight excluding hydrogens is 402 g/mol. The lowest BCUT2D eigenvalue weighted by atomic mass is 9.96. The maximum atomic E-state index is 13.0. The van der Waals surface area contributed by atoms with Crippen molar-refractivity contribution in [3.63, 3.8) is 0 Å². The Morgan fingerprint density at radius 3 is 2.13 bits per heavy atom. The Balaban J connectivity index is 1.31. The van der Waals surface area contributed by atoms with E-state index in [2.05, 4.69) is 14.9 Å². The quantitative estimate of drug-likeness (QED) is 0.733. The number of amides is 1. The second kappa shape index (κ2) is 8.69. The number of carbonyl (C=O) groups excluding carboxylic acids is 1. The Morgan fingerprint density at radius 1 is 0.933 bits per heavy atom. The first-order chi connectivity index (χ1) is 14.4. The first-order valence-electron chi connectivity index (χ1n) is 10.3. The number of nitrogens with zero attached hydrogens (tertiary/aromatic N) is 5. The van der Waals surface area contributed by atoms with Gasteiger partial charge in [-0.05, 0) is 38.0 Å². The van der Waals surface area contributed by atoms with E-state index in [4.69, 9.17) is 0 Å². The van der Waals surface area contributed by atoms with E-state index >= 15 is 0 Å². The Morgan fingerprint density at radius 2 is 1.53 bits per heavy atom. The SMILES string of the molecule is Cc1ccc(S(=O)(=O)N2CCC(C(=O)N3CCN(c4ncccn4)CC3)CC2)cc1. The number of aromatic nitrogens is 2. The van der Waals surface area contributed by atoms with Crippen LogP contribution in [0.2, 0.25) is 0 Å². The number of hydrogen-bond donors (Lipinski definition) is 0. The van der Waals surface area contributed by atoms with Gasteiger partial charge in [0.05, 0.1) is 4.90 Å². The molecule has 160 valence electrons. The lowest BCUT2D eigenvalue weighted by Crippen LogP contribution is -2.52. The predicted octanol–water partition coefficient (Wildman–Crippen LogP) is 1.53. The summed E-state index contributed by atoms with van der Waals surface area (Å²) in [5.41, 5.74) is 1.03. The summed E-state index contributed by atoms with van der Waals surface area (Å²) in [5, 5.41) is 0. The van der Waals surface area contributed by atoms with Gasteiger partial charge in [-0.3, -0.25) is 4.79 Å². The molecule has 2 saturated heterocycles. The first kappa shape index (κ1) is 20.7. The van der Waals surface area contributed by atoms with Crippen molar-refractivity contribution >= 4 is 21.9 Å². The standard InChI is InChI=1S/C21H27N5O3S/c1-17-3-5-19(6-4-17)30(28,29)26-11-7-18(8-12-26)20(27)24-13-15-25(16-14-24)21-22-9-2-10-23-21/h2-6,9-10,18H,7-8,11-16H2,1H3. The van der Waals surface area contributed by atoms with Gasteiger partial charge in [0.2, 0.25) is 21.9 Å². The highest BCUT2D eigenvalue weighted by Crippen LogP contribution is 2.26. The molecule has 4 rings (SSSR count). The van der Waals surface area contributed by atoms with Crippen molar-refractivity contribution in [2.45, 2.75) is 24.7 Å². The summed E-state index contributed by atoms with van der Waals surface area (Å²) in [4.78, 5) is 25.8. The van der Waals surface area contributed by atoms with Crippen molar-refractivity contribution in [3.8, 4) is 0 Å². The molecule has 1 aromatic heterocycles. The van der Waals surface area contributed by atoms with Crippen LogP contribution in [-0.4, -0.2) is 72.8 Å². The molecule has 0 bridgehead atoms. The number of anilines is 1. The summed E-state index contributed by atoms with van der Waals surface area (Å²) < 4.78 is 27.2. The Hall–Kier alpha value is -2.52. The Bertz CT molecular complexity index is 965. The highest BCUT2D eigenvalue weighted by atomic mass is 32.2. The molecule has 0 atom stereocenters. The zero-order valence-electron chi connectivity index (χ0n) is 17.1. The van der Waals surface area contributed by atoms with Crippen LogP contribution in [0.25, 0.3) is 0 Å². The fourth-order valence-electron chi connectivity index (χ4n) is 4.04. The van der Waals surface area contributed by atoms with Crippen LogP contribution in [0.4, 0.5) is 5.95 Å². The monoisotopic (exact) mass is 429 g/mol. The van der Waals surface area contributed by atoms with Gasteiger partial charge in [0.1, 0.15) is 0 Å². The van der Waals surface area contributed by atoms with Gasteiger partial charge in [-0.25, -0.2) is 18.4 Å². The summed E-state index contributed by atoms with van der Waals surface area (Å²) in [6, 6.07) is 8.71. The number of benzene rings is 1. The second-order valence-corrected chi connectivity index (χ2v) is 9.79. The van der Waals surface area contributed by atoms with Crippen LogP contribution in [0.1, 0.15) is 18.4 Å². The minimum Gasteiger partial charge on any atom is -0.339 e. The molecule has 0 N–H and O–H groups in total. The van der Waals surface area contributed by atoms with Crippen molar-refractivity contribution in [2.75, 3.05) is 44.2 Å². The molecule has 0 saturated carbocycles. The van der Waals surface area contributed by atoms with Crippen molar-refractivity contribution in [1.82, 2.24) is 19.2 Å². The Labute approximate surface area is 177 Å². The number of carbonyl (C=O) groups is 1. The molecule has 1 amide bonds. The van der Waals surface area contributed by atoms with Gasteiger partial charge in [0, 0.05) is 57.6 Å². The minimum absolute atomic E-state index is 0.117. The average Bonchev–Trinajstić information content (AvgIpc) is 2.80. The van der Waals surface area contributed by atoms with E-state index in [1.165, 1.54) is 4.31 Å². The van der Waals surface area contributed by atoms with Gasteiger partial charge in [0.25, 0.3) is 0 Å². The highest BCUT2D eigenvalue weighted by Gasteiger charge is 2.34. The molecular formula is C21H27N5O3S. The van der Waals surface area contributed by atoms with Crippen molar-refractivity contribution in [1.29, 1.82) is 0 Å². The minimum atomic E-state index is -3.50. The van der Waals surface area contributed by atoms with Crippen LogP contribution in [-0.2, 0) is 14.8 Å². The van der Waals surface area contributed by atoms with Crippen LogP contribution < -0.4 is 4.90 Å². The maximum absolute atomic E-state index is 13.0. The number of rotatable bonds is 4. The van der Waals surface area contributed by atoms with Crippen molar-refractivity contribution in [2.24, 2.45) is 5.92 Å². The van der Waals surface area contributed by atoms with Gasteiger partial charge >= 0.3 is 0 Å².